The third-order valence-electron chi connectivity index (χ3n) is 4.76. The summed E-state index contributed by atoms with van der Waals surface area (Å²) in [6, 6.07) is 3.87. The van der Waals surface area contributed by atoms with Gasteiger partial charge in [0, 0.05) is 17.3 Å². The molecule has 22 heavy (non-hydrogen) atoms. The maximum absolute atomic E-state index is 12.6. The third kappa shape index (κ3) is 2.20. The van der Waals surface area contributed by atoms with Crippen LogP contribution in [-0.4, -0.2) is 10.9 Å². The van der Waals surface area contributed by atoms with Crippen LogP contribution in [0.1, 0.15) is 52.3 Å². The molecule has 1 aliphatic carbocycles. The highest BCUT2D eigenvalue weighted by Gasteiger charge is 2.33. The predicted octanol–water partition coefficient (Wildman–Crippen LogP) is 3.51. The summed E-state index contributed by atoms with van der Waals surface area (Å²) in [7, 11) is 0. The fraction of sp³-hybridized carbons (Fsp3) is 0.412. The molecule has 0 bridgehead atoms. The van der Waals surface area contributed by atoms with Crippen LogP contribution >= 0.6 is 11.3 Å². The van der Waals surface area contributed by atoms with Gasteiger partial charge in [-0.1, -0.05) is 13.3 Å². The summed E-state index contributed by atoms with van der Waals surface area (Å²) in [5.41, 5.74) is 3.20. The van der Waals surface area contributed by atoms with E-state index in [1.807, 2.05) is 12.1 Å². The minimum Gasteiger partial charge on any atom is -0.353 e. The van der Waals surface area contributed by atoms with E-state index in [0.717, 1.165) is 34.9 Å². The van der Waals surface area contributed by atoms with Gasteiger partial charge < -0.3 is 10.6 Å². The minimum absolute atomic E-state index is 0.0583. The Morgan fingerprint density at radius 3 is 2.91 bits per heavy atom. The van der Waals surface area contributed by atoms with Crippen molar-refractivity contribution in [2.45, 2.75) is 38.8 Å². The number of fused-ring (bicyclic) bond motifs is 3. The Kier molecular flexibility index (Phi) is 3.37. The molecular formula is C17H19N3OS. The molecule has 4 nitrogen and oxygen atoms in total. The summed E-state index contributed by atoms with van der Waals surface area (Å²) < 4.78 is 0. The van der Waals surface area contributed by atoms with Crippen LogP contribution in [0.15, 0.2) is 24.5 Å². The average Bonchev–Trinajstić information content (AvgIpc) is 2.93. The van der Waals surface area contributed by atoms with Crippen molar-refractivity contribution in [1.82, 2.24) is 10.3 Å². The first-order chi connectivity index (χ1) is 10.8. The summed E-state index contributed by atoms with van der Waals surface area (Å²) in [6.07, 6.45) is 7.93. The van der Waals surface area contributed by atoms with Gasteiger partial charge in [-0.3, -0.25) is 9.78 Å². The van der Waals surface area contributed by atoms with Crippen LogP contribution in [0.4, 0.5) is 5.00 Å². The van der Waals surface area contributed by atoms with Crippen molar-refractivity contribution >= 4 is 22.2 Å². The quantitative estimate of drug-likeness (QED) is 0.892. The molecular weight excluding hydrogens is 294 g/mol. The van der Waals surface area contributed by atoms with Gasteiger partial charge in [0.25, 0.3) is 5.91 Å². The van der Waals surface area contributed by atoms with Gasteiger partial charge >= 0.3 is 0 Å². The van der Waals surface area contributed by atoms with Gasteiger partial charge in [0.2, 0.25) is 0 Å². The zero-order valence-electron chi connectivity index (χ0n) is 12.6. The molecule has 0 radical (unpaired) electrons. The number of rotatable bonds is 2. The zero-order chi connectivity index (χ0) is 15.1. The standard InChI is InChI=1S/C17H19N3OS/c1-2-10-3-4-12-13(9-10)22-17-14(12)16(21)19-15(20-17)11-5-7-18-8-6-11/h5-8,10,15,20H,2-4,9H2,1H3,(H,19,21). The summed E-state index contributed by atoms with van der Waals surface area (Å²) >= 11 is 1.77. The van der Waals surface area contributed by atoms with E-state index in [1.54, 1.807) is 23.7 Å². The third-order valence-corrected chi connectivity index (χ3v) is 5.95. The lowest BCUT2D eigenvalue weighted by Gasteiger charge is -2.27. The van der Waals surface area contributed by atoms with E-state index in [0.29, 0.717) is 0 Å². The second-order valence-corrected chi connectivity index (χ2v) is 7.16. The predicted molar refractivity (Wildman–Crippen MR) is 88.2 cm³/mol. The topological polar surface area (TPSA) is 54.0 Å². The maximum Gasteiger partial charge on any atom is 0.256 e. The molecule has 0 fully saturated rings. The lowest BCUT2D eigenvalue weighted by molar-refractivity contribution is 0.0935. The first kappa shape index (κ1) is 13.8. The van der Waals surface area contributed by atoms with Gasteiger partial charge in [-0.05, 0) is 48.4 Å². The van der Waals surface area contributed by atoms with Crippen LogP contribution in [0, 0.1) is 5.92 Å². The minimum atomic E-state index is -0.162. The van der Waals surface area contributed by atoms with Crippen molar-refractivity contribution in [3.05, 3.63) is 46.1 Å². The van der Waals surface area contributed by atoms with Gasteiger partial charge in [-0.15, -0.1) is 11.3 Å². The molecule has 4 rings (SSSR count). The Labute approximate surface area is 134 Å². The monoisotopic (exact) mass is 313 g/mol. The van der Waals surface area contributed by atoms with E-state index in [4.69, 9.17) is 0 Å². The first-order valence-electron chi connectivity index (χ1n) is 7.88. The lowest BCUT2D eigenvalue weighted by Crippen LogP contribution is -2.38. The number of amides is 1. The Hall–Kier alpha value is -1.88. The van der Waals surface area contributed by atoms with Gasteiger partial charge in [-0.2, -0.15) is 0 Å². The van der Waals surface area contributed by atoms with Crippen molar-refractivity contribution in [2.75, 3.05) is 5.32 Å². The Balaban J connectivity index is 1.68. The number of carbonyl (C=O) groups is 1. The highest BCUT2D eigenvalue weighted by Crippen LogP contribution is 2.43. The lowest BCUT2D eigenvalue weighted by atomic mass is 9.85. The van der Waals surface area contributed by atoms with E-state index >= 15 is 0 Å². The summed E-state index contributed by atoms with van der Waals surface area (Å²) in [5, 5.41) is 7.61. The fourth-order valence-corrected chi connectivity index (χ4v) is 4.83. The molecule has 0 spiro atoms. The molecule has 2 atom stereocenters. The number of pyridine rings is 1. The average molecular weight is 313 g/mol. The van der Waals surface area contributed by atoms with Gasteiger partial charge in [0.1, 0.15) is 11.2 Å². The second kappa shape index (κ2) is 5.39. The number of anilines is 1. The largest absolute Gasteiger partial charge is 0.353 e. The van der Waals surface area contributed by atoms with Gasteiger partial charge in [0.15, 0.2) is 0 Å². The first-order valence-corrected chi connectivity index (χ1v) is 8.69. The van der Waals surface area contributed by atoms with E-state index < -0.39 is 0 Å². The molecule has 2 unspecified atom stereocenters. The molecule has 1 aliphatic heterocycles. The van der Waals surface area contributed by atoms with Crippen molar-refractivity contribution in [2.24, 2.45) is 5.92 Å². The van der Waals surface area contributed by atoms with Crippen LogP contribution < -0.4 is 10.6 Å². The van der Waals surface area contributed by atoms with Crippen molar-refractivity contribution < 1.29 is 4.79 Å². The van der Waals surface area contributed by atoms with E-state index in [-0.39, 0.29) is 12.1 Å². The zero-order valence-corrected chi connectivity index (χ0v) is 13.4. The van der Waals surface area contributed by atoms with Crippen LogP contribution in [-0.2, 0) is 12.8 Å². The molecule has 114 valence electrons. The molecule has 5 heteroatoms. The second-order valence-electron chi connectivity index (χ2n) is 6.06. The van der Waals surface area contributed by atoms with Crippen molar-refractivity contribution in [3.63, 3.8) is 0 Å². The number of hydrogen-bond acceptors (Lipinski definition) is 4. The Bertz CT molecular complexity index is 710. The number of hydrogen-bond donors (Lipinski definition) is 2. The normalized spacial score (nSPS) is 23.2. The summed E-state index contributed by atoms with van der Waals surface area (Å²) in [5.74, 6) is 0.828. The number of thiophene rings is 1. The van der Waals surface area contributed by atoms with Crippen molar-refractivity contribution in [3.8, 4) is 0 Å². The van der Waals surface area contributed by atoms with Gasteiger partial charge in [-0.25, -0.2) is 0 Å². The molecule has 0 saturated carbocycles. The molecule has 0 aromatic carbocycles. The highest BCUT2D eigenvalue weighted by atomic mass is 32.1. The van der Waals surface area contributed by atoms with E-state index in [1.165, 1.54) is 23.3 Å². The fourth-order valence-electron chi connectivity index (χ4n) is 3.44. The molecule has 0 saturated heterocycles. The number of aromatic nitrogens is 1. The summed E-state index contributed by atoms with van der Waals surface area (Å²) in [6.45, 7) is 2.26. The molecule has 2 aromatic rings. The Morgan fingerprint density at radius 1 is 1.32 bits per heavy atom. The highest BCUT2D eigenvalue weighted by molar-refractivity contribution is 7.16. The Morgan fingerprint density at radius 2 is 2.14 bits per heavy atom. The van der Waals surface area contributed by atoms with E-state index in [9.17, 15) is 4.79 Å². The smallest absolute Gasteiger partial charge is 0.256 e. The molecule has 2 N–H and O–H groups in total. The number of carbonyl (C=O) groups excluding carboxylic acids is 1. The van der Waals surface area contributed by atoms with Crippen molar-refractivity contribution in [1.29, 1.82) is 0 Å². The molecule has 2 aliphatic rings. The molecule has 1 amide bonds. The van der Waals surface area contributed by atoms with E-state index in [2.05, 4.69) is 22.5 Å². The number of nitrogens with zero attached hydrogens (tertiary/aromatic N) is 1. The molecule has 2 aromatic heterocycles. The van der Waals surface area contributed by atoms with Gasteiger partial charge in [0.05, 0.1) is 5.56 Å². The maximum atomic E-state index is 12.6. The SMILES string of the molecule is CCC1CCc2c(sc3c2C(=O)NC(c2ccncc2)N3)C1. The van der Waals surface area contributed by atoms with Crippen LogP contribution in [0.25, 0.3) is 0 Å². The van der Waals surface area contributed by atoms with Crippen LogP contribution in [0.2, 0.25) is 0 Å². The van der Waals surface area contributed by atoms with Crippen LogP contribution in [0.5, 0.6) is 0 Å². The van der Waals surface area contributed by atoms with Crippen LogP contribution in [0.3, 0.4) is 0 Å². The summed E-state index contributed by atoms with van der Waals surface area (Å²) in [4.78, 5) is 18.0. The number of nitrogens with one attached hydrogen (secondary N) is 2. The molecule has 3 heterocycles.